The van der Waals surface area contributed by atoms with Gasteiger partial charge in [-0.05, 0) is 89.9 Å². The van der Waals surface area contributed by atoms with E-state index in [2.05, 4.69) is 15.1 Å². The molecule has 0 saturated carbocycles. The molecule has 1 N–H and O–H groups in total. The van der Waals surface area contributed by atoms with Crippen LogP contribution in [-0.4, -0.2) is 62.7 Å². The number of benzene rings is 1. The van der Waals surface area contributed by atoms with Crippen LogP contribution in [0, 0.1) is 11.3 Å². The Kier molecular flexibility index (Phi) is 7.30. The number of hydrogen-bond donors (Lipinski definition) is 1. The first-order chi connectivity index (χ1) is 13.8. The summed E-state index contributed by atoms with van der Waals surface area (Å²) in [6, 6.07) is 7.39. The molecule has 2 aliphatic heterocycles. The number of carbonyl (C=O) groups is 2. The van der Waals surface area contributed by atoms with Crippen molar-refractivity contribution >= 4 is 17.6 Å². The summed E-state index contributed by atoms with van der Waals surface area (Å²) in [7, 11) is 0. The predicted octanol–water partition coefficient (Wildman–Crippen LogP) is 2.93. The number of piperazine rings is 1. The first-order valence-electron chi connectivity index (χ1n) is 10.9. The SMILES string of the molecule is CC(C)(C)C(=O)OC(=O)c1ccc(N2CCN(CCC3CCNCC3)CC2)cc1. The van der Waals surface area contributed by atoms with Crippen LogP contribution in [0.1, 0.15) is 50.4 Å². The summed E-state index contributed by atoms with van der Waals surface area (Å²) >= 11 is 0. The Morgan fingerprint density at radius 3 is 2.24 bits per heavy atom. The van der Waals surface area contributed by atoms with Crippen LogP contribution in [0.15, 0.2) is 24.3 Å². The molecule has 6 heteroatoms. The highest BCUT2D eigenvalue weighted by Crippen LogP contribution is 2.21. The molecule has 0 unspecified atom stereocenters. The average Bonchev–Trinajstić information content (AvgIpc) is 2.73. The van der Waals surface area contributed by atoms with Crippen molar-refractivity contribution in [2.45, 2.75) is 40.0 Å². The molecule has 2 saturated heterocycles. The lowest BCUT2D eigenvalue weighted by Crippen LogP contribution is -2.47. The molecular weight excluding hydrogens is 366 g/mol. The summed E-state index contributed by atoms with van der Waals surface area (Å²) in [5.41, 5.74) is 0.831. The first kappa shape index (κ1) is 21.8. The van der Waals surface area contributed by atoms with Crippen LogP contribution in [0.2, 0.25) is 0 Å². The van der Waals surface area contributed by atoms with E-state index >= 15 is 0 Å². The van der Waals surface area contributed by atoms with Crippen LogP contribution in [0.25, 0.3) is 0 Å². The minimum absolute atomic E-state index is 0.409. The summed E-state index contributed by atoms with van der Waals surface area (Å²) in [5.74, 6) is -0.210. The van der Waals surface area contributed by atoms with Crippen molar-refractivity contribution in [2.24, 2.45) is 11.3 Å². The zero-order valence-corrected chi connectivity index (χ0v) is 18.1. The maximum Gasteiger partial charge on any atom is 0.345 e. The summed E-state index contributed by atoms with van der Waals surface area (Å²) in [5, 5.41) is 3.44. The quantitative estimate of drug-likeness (QED) is 0.605. The fourth-order valence-corrected chi connectivity index (χ4v) is 3.87. The molecule has 3 rings (SSSR count). The van der Waals surface area contributed by atoms with E-state index in [-0.39, 0.29) is 0 Å². The van der Waals surface area contributed by atoms with Crippen LogP contribution < -0.4 is 10.2 Å². The van der Waals surface area contributed by atoms with Gasteiger partial charge in [0.25, 0.3) is 0 Å². The maximum atomic E-state index is 12.2. The summed E-state index contributed by atoms with van der Waals surface area (Å²) in [6.07, 6.45) is 3.94. The lowest BCUT2D eigenvalue weighted by atomic mass is 9.94. The molecule has 0 spiro atoms. The van der Waals surface area contributed by atoms with E-state index in [9.17, 15) is 9.59 Å². The van der Waals surface area contributed by atoms with E-state index in [1.54, 1.807) is 32.9 Å². The number of esters is 2. The molecule has 0 atom stereocenters. The van der Waals surface area contributed by atoms with Crippen molar-refractivity contribution < 1.29 is 14.3 Å². The molecule has 6 nitrogen and oxygen atoms in total. The lowest BCUT2D eigenvalue weighted by molar-refractivity contribution is -0.146. The first-order valence-corrected chi connectivity index (χ1v) is 10.9. The third-order valence-corrected chi connectivity index (χ3v) is 5.95. The van der Waals surface area contributed by atoms with Gasteiger partial charge in [0.1, 0.15) is 0 Å². The summed E-state index contributed by atoms with van der Waals surface area (Å²) in [6.45, 7) is 12.9. The van der Waals surface area contributed by atoms with E-state index < -0.39 is 17.4 Å². The number of hydrogen-bond acceptors (Lipinski definition) is 6. The van der Waals surface area contributed by atoms with Gasteiger partial charge < -0.3 is 15.0 Å². The number of rotatable bonds is 5. The molecule has 0 bridgehead atoms. The van der Waals surface area contributed by atoms with Gasteiger partial charge in [0, 0.05) is 31.9 Å². The molecule has 0 amide bonds. The molecular formula is C23H35N3O3. The molecule has 0 aromatic heterocycles. The minimum atomic E-state index is -0.691. The Morgan fingerprint density at radius 1 is 1.03 bits per heavy atom. The second-order valence-electron chi connectivity index (χ2n) is 9.28. The smallest absolute Gasteiger partial charge is 0.345 e. The van der Waals surface area contributed by atoms with Gasteiger partial charge in [-0.3, -0.25) is 9.69 Å². The van der Waals surface area contributed by atoms with Crippen LogP contribution in [-0.2, 0) is 9.53 Å². The summed E-state index contributed by atoms with van der Waals surface area (Å²) < 4.78 is 4.98. The van der Waals surface area contributed by atoms with E-state index in [1.165, 1.54) is 38.9 Å². The van der Waals surface area contributed by atoms with Crippen LogP contribution in [0.3, 0.4) is 0 Å². The minimum Gasteiger partial charge on any atom is -0.389 e. The topological polar surface area (TPSA) is 61.9 Å². The van der Waals surface area contributed by atoms with Crippen molar-refractivity contribution in [1.82, 2.24) is 10.2 Å². The van der Waals surface area contributed by atoms with E-state index in [4.69, 9.17) is 4.74 Å². The van der Waals surface area contributed by atoms with Crippen molar-refractivity contribution in [3.8, 4) is 0 Å². The number of ether oxygens (including phenoxy) is 1. The molecule has 2 aliphatic rings. The molecule has 0 radical (unpaired) electrons. The van der Waals surface area contributed by atoms with Gasteiger partial charge in [-0.2, -0.15) is 0 Å². The Labute approximate surface area is 174 Å². The fourth-order valence-electron chi connectivity index (χ4n) is 3.87. The second kappa shape index (κ2) is 9.72. The normalized spacial score (nSPS) is 19.2. The van der Waals surface area contributed by atoms with Crippen LogP contribution in [0.5, 0.6) is 0 Å². The molecule has 1 aromatic rings. The van der Waals surface area contributed by atoms with Gasteiger partial charge >= 0.3 is 11.9 Å². The van der Waals surface area contributed by atoms with Gasteiger partial charge in [-0.15, -0.1) is 0 Å². The molecule has 2 heterocycles. The Morgan fingerprint density at radius 2 is 1.66 bits per heavy atom. The molecule has 2 fully saturated rings. The molecule has 0 aliphatic carbocycles. The zero-order valence-electron chi connectivity index (χ0n) is 18.1. The van der Waals surface area contributed by atoms with Gasteiger partial charge in [-0.25, -0.2) is 4.79 Å². The Hall–Kier alpha value is -1.92. The highest BCUT2D eigenvalue weighted by molar-refractivity contribution is 5.98. The molecule has 29 heavy (non-hydrogen) atoms. The monoisotopic (exact) mass is 401 g/mol. The number of nitrogens with zero attached hydrogens (tertiary/aromatic N) is 2. The van der Waals surface area contributed by atoms with Crippen molar-refractivity contribution in [3.05, 3.63) is 29.8 Å². The fraction of sp³-hybridized carbons (Fsp3) is 0.652. The van der Waals surface area contributed by atoms with Gasteiger partial charge in [0.15, 0.2) is 0 Å². The van der Waals surface area contributed by atoms with E-state index in [0.717, 1.165) is 37.8 Å². The van der Waals surface area contributed by atoms with Crippen molar-refractivity contribution in [1.29, 1.82) is 0 Å². The summed E-state index contributed by atoms with van der Waals surface area (Å²) in [4.78, 5) is 29.0. The standard InChI is InChI=1S/C23H35N3O3/c1-23(2,3)22(28)29-21(27)19-4-6-20(7-5-19)26-16-14-25(15-17-26)13-10-18-8-11-24-12-9-18/h4-7,18,24H,8-17H2,1-3H3. The lowest BCUT2D eigenvalue weighted by Gasteiger charge is -2.37. The largest absolute Gasteiger partial charge is 0.389 e. The average molecular weight is 402 g/mol. The van der Waals surface area contributed by atoms with Gasteiger partial charge in [-0.1, -0.05) is 0 Å². The number of nitrogens with one attached hydrogen (secondary N) is 1. The zero-order chi connectivity index (χ0) is 20.9. The maximum absolute atomic E-state index is 12.2. The van der Waals surface area contributed by atoms with Crippen LogP contribution >= 0.6 is 0 Å². The Bertz CT molecular complexity index is 682. The molecule has 1 aromatic carbocycles. The third-order valence-electron chi connectivity index (χ3n) is 5.95. The molecule has 160 valence electrons. The van der Waals surface area contributed by atoms with E-state index in [1.807, 2.05) is 12.1 Å². The van der Waals surface area contributed by atoms with Crippen LogP contribution in [0.4, 0.5) is 5.69 Å². The Balaban J connectivity index is 1.45. The van der Waals surface area contributed by atoms with Crippen molar-refractivity contribution in [3.63, 3.8) is 0 Å². The second-order valence-corrected chi connectivity index (χ2v) is 9.28. The van der Waals surface area contributed by atoms with Gasteiger partial charge in [0.2, 0.25) is 0 Å². The number of piperidine rings is 1. The predicted molar refractivity (Wildman–Crippen MR) is 115 cm³/mol. The number of carbonyl (C=O) groups excluding carboxylic acids is 2. The van der Waals surface area contributed by atoms with Gasteiger partial charge in [0.05, 0.1) is 11.0 Å². The third kappa shape index (κ3) is 6.28. The van der Waals surface area contributed by atoms with Crippen molar-refractivity contribution in [2.75, 3.05) is 50.7 Å². The highest BCUT2D eigenvalue weighted by Gasteiger charge is 2.26. The highest BCUT2D eigenvalue weighted by atomic mass is 16.6. The number of anilines is 1. The van der Waals surface area contributed by atoms with E-state index in [0.29, 0.717) is 5.56 Å².